The van der Waals surface area contributed by atoms with E-state index >= 15 is 0 Å². The SMILES string of the molecule is C[C@@H](c1ccccc1)N1C[C@H](C(=O)NCc2ccccc2CN2CCOCC2)CC1=O. The van der Waals surface area contributed by atoms with Gasteiger partial charge in [0, 0.05) is 39.1 Å². The average molecular weight is 422 g/mol. The minimum absolute atomic E-state index is 0.0271. The molecule has 164 valence electrons. The van der Waals surface area contributed by atoms with Crippen molar-refractivity contribution in [2.45, 2.75) is 32.5 Å². The number of benzene rings is 2. The Bertz CT molecular complexity index is 896. The molecule has 0 spiro atoms. The van der Waals surface area contributed by atoms with E-state index in [1.54, 1.807) is 0 Å². The molecular formula is C25H31N3O3. The highest BCUT2D eigenvalue weighted by molar-refractivity contribution is 5.89. The lowest BCUT2D eigenvalue weighted by Crippen LogP contribution is -2.36. The second-order valence-electron chi connectivity index (χ2n) is 8.41. The van der Waals surface area contributed by atoms with Crippen molar-refractivity contribution in [2.75, 3.05) is 32.8 Å². The molecule has 2 aromatic rings. The Morgan fingerprint density at radius 3 is 2.48 bits per heavy atom. The number of nitrogens with one attached hydrogen (secondary N) is 1. The second-order valence-corrected chi connectivity index (χ2v) is 8.41. The Morgan fingerprint density at radius 2 is 1.74 bits per heavy atom. The summed E-state index contributed by atoms with van der Waals surface area (Å²) in [5, 5.41) is 3.08. The number of amides is 2. The monoisotopic (exact) mass is 421 g/mol. The van der Waals surface area contributed by atoms with E-state index in [1.807, 2.05) is 54.3 Å². The van der Waals surface area contributed by atoms with Crippen LogP contribution in [0, 0.1) is 5.92 Å². The Labute approximate surface area is 184 Å². The lowest BCUT2D eigenvalue weighted by atomic mass is 10.0. The predicted molar refractivity (Wildman–Crippen MR) is 119 cm³/mol. The molecule has 0 aromatic heterocycles. The van der Waals surface area contributed by atoms with Gasteiger partial charge >= 0.3 is 0 Å². The molecule has 6 nitrogen and oxygen atoms in total. The van der Waals surface area contributed by atoms with Gasteiger partial charge in [0.2, 0.25) is 11.8 Å². The number of likely N-dealkylation sites (tertiary alicyclic amines) is 1. The molecule has 2 saturated heterocycles. The van der Waals surface area contributed by atoms with Crippen molar-refractivity contribution in [3.63, 3.8) is 0 Å². The molecule has 2 aliphatic heterocycles. The normalized spacial score (nSPS) is 20.6. The zero-order chi connectivity index (χ0) is 21.6. The smallest absolute Gasteiger partial charge is 0.225 e. The minimum atomic E-state index is -0.301. The second kappa shape index (κ2) is 10.1. The summed E-state index contributed by atoms with van der Waals surface area (Å²) >= 11 is 0. The molecule has 2 atom stereocenters. The summed E-state index contributed by atoms with van der Waals surface area (Å²) in [6.45, 7) is 7.24. The number of ether oxygens (including phenoxy) is 1. The fourth-order valence-electron chi connectivity index (χ4n) is 4.40. The summed E-state index contributed by atoms with van der Waals surface area (Å²) in [6.07, 6.45) is 0.276. The Hall–Kier alpha value is -2.70. The summed E-state index contributed by atoms with van der Waals surface area (Å²) in [5.41, 5.74) is 3.45. The van der Waals surface area contributed by atoms with Gasteiger partial charge in [0.05, 0.1) is 25.2 Å². The molecule has 0 radical (unpaired) electrons. The topological polar surface area (TPSA) is 61.9 Å². The fourth-order valence-corrected chi connectivity index (χ4v) is 4.40. The molecule has 0 unspecified atom stereocenters. The lowest BCUT2D eigenvalue weighted by Gasteiger charge is -2.27. The number of nitrogens with zero attached hydrogens (tertiary/aromatic N) is 2. The largest absolute Gasteiger partial charge is 0.379 e. The van der Waals surface area contributed by atoms with Crippen LogP contribution in [0.15, 0.2) is 54.6 Å². The maximum absolute atomic E-state index is 12.9. The van der Waals surface area contributed by atoms with Crippen molar-refractivity contribution in [3.8, 4) is 0 Å². The van der Waals surface area contributed by atoms with Gasteiger partial charge in [-0.05, 0) is 23.6 Å². The molecule has 6 heteroatoms. The maximum Gasteiger partial charge on any atom is 0.225 e. The van der Waals surface area contributed by atoms with Crippen molar-refractivity contribution in [2.24, 2.45) is 5.92 Å². The number of carbonyl (C=O) groups is 2. The first-order valence-electron chi connectivity index (χ1n) is 11.1. The van der Waals surface area contributed by atoms with Crippen LogP contribution in [0.3, 0.4) is 0 Å². The van der Waals surface area contributed by atoms with Crippen molar-refractivity contribution in [3.05, 3.63) is 71.3 Å². The van der Waals surface area contributed by atoms with Crippen LogP contribution in [-0.4, -0.2) is 54.5 Å². The van der Waals surface area contributed by atoms with Gasteiger partial charge in [0.15, 0.2) is 0 Å². The summed E-state index contributed by atoms with van der Waals surface area (Å²) in [5.74, 6) is -0.299. The van der Waals surface area contributed by atoms with Gasteiger partial charge < -0.3 is 15.0 Å². The van der Waals surface area contributed by atoms with Crippen LogP contribution in [0.25, 0.3) is 0 Å². The van der Waals surface area contributed by atoms with Gasteiger partial charge in [0.25, 0.3) is 0 Å². The Balaban J connectivity index is 1.34. The van der Waals surface area contributed by atoms with Crippen molar-refractivity contribution >= 4 is 11.8 Å². The van der Waals surface area contributed by atoms with Gasteiger partial charge in [-0.1, -0.05) is 54.6 Å². The van der Waals surface area contributed by atoms with Gasteiger partial charge in [0.1, 0.15) is 0 Å². The number of hydrogen-bond donors (Lipinski definition) is 1. The molecule has 0 saturated carbocycles. The van der Waals surface area contributed by atoms with Crippen LogP contribution in [0.1, 0.15) is 36.1 Å². The van der Waals surface area contributed by atoms with Crippen molar-refractivity contribution in [1.82, 2.24) is 15.1 Å². The van der Waals surface area contributed by atoms with Crippen LogP contribution in [0.2, 0.25) is 0 Å². The Morgan fingerprint density at radius 1 is 1.06 bits per heavy atom. The van der Waals surface area contributed by atoms with Crippen molar-refractivity contribution < 1.29 is 14.3 Å². The van der Waals surface area contributed by atoms with Crippen LogP contribution < -0.4 is 5.32 Å². The van der Waals surface area contributed by atoms with Gasteiger partial charge in [-0.15, -0.1) is 0 Å². The van der Waals surface area contributed by atoms with Crippen LogP contribution >= 0.6 is 0 Å². The molecular weight excluding hydrogens is 390 g/mol. The highest BCUT2D eigenvalue weighted by Crippen LogP contribution is 2.28. The molecule has 2 aliphatic rings. The fraction of sp³-hybridized carbons (Fsp3) is 0.440. The average Bonchev–Trinajstić information content (AvgIpc) is 3.21. The molecule has 31 heavy (non-hydrogen) atoms. The van der Waals surface area contributed by atoms with E-state index in [-0.39, 0.29) is 30.2 Å². The van der Waals surface area contributed by atoms with E-state index in [2.05, 4.69) is 22.3 Å². The third kappa shape index (κ3) is 5.32. The van der Waals surface area contributed by atoms with E-state index in [0.29, 0.717) is 13.1 Å². The predicted octanol–water partition coefficient (Wildman–Crippen LogP) is 2.74. The molecule has 0 aliphatic carbocycles. The molecule has 2 aromatic carbocycles. The lowest BCUT2D eigenvalue weighted by molar-refractivity contribution is -0.130. The summed E-state index contributed by atoms with van der Waals surface area (Å²) in [4.78, 5) is 29.6. The van der Waals surface area contributed by atoms with Crippen molar-refractivity contribution in [1.29, 1.82) is 0 Å². The molecule has 2 amide bonds. The van der Waals surface area contributed by atoms with Crippen LogP contribution in [0.5, 0.6) is 0 Å². The van der Waals surface area contributed by atoms with Gasteiger partial charge in [-0.3, -0.25) is 14.5 Å². The first-order valence-corrected chi connectivity index (χ1v) is 11.1. The number of carbonyl (C=O) groups excluding carboxylic acids is 2. The van der Waals surface area contributed by atoms with Crippen LogP contribution in [-0.2, 0) is 27.4 Å². The van der Waals surface area contributed by atoms with E-state index in [1.165, 1.54) is 5.56 Å². The quantitative estimate of drug-likeness (QED) is 0.747. The number of morpholine rings is 1. The van der Waals surface area contributed by atoms with Gasteiger partial charge in [-0.25, -0.2) is 0 Å². The third-order valence-corrected chi connectivity index (χ3v) is 6.35. The zero-order valence-corrected chi connectivity index (χ0v) is 18.1. The maximum atomic E-state index is 12.9. The first kappa shape index (κ1) is 21.5. The minimum Gasteiger partial charge on any atom is -0.379 e. The molecule has 0 bridgehead atoms. The Kier molecular flexibility index (Phi) is 6.99. The standard InChI is InChI=1S/C25H31N3O3/c1-19(20-7-3-2-4-8-20)28-18-23(15-24(28)29)25(30)26-16-21-9-5-6-10-22(21)17-27-11-13-31-14-12-27/h2-10,19,23H,11-18H2,1H3,(H,26,30)/t19-,23+/m0/s1. The zero-order valence-electron chi connectivity index (χ0n) is 18.1. The van der Waals surface area contributed by atoms with E-state index in [4.69, 9.17) is 4.74 Å². The first-order chi connectivity index (χ1) is 15.1. The molecule has 2 heterocycles. The van der Waals surface area contributed by atoms with Crippen LogP contribution in [0.4, 0.5) is 0 Å². The molecule has 1 N–H and O–H groups in total. The van der Waals surface area contributed by atoms with E-state index < -0.39 is 0 Å². The molecule has 4 rings (SSSR count). The third-order valence-electron chi connectivity index (χ3n) is 6.35. The summed E-state index contributed by atoms with van der Waals surface area (Å²) in [6, 6.07) is 18.2. The highest BCUT2D eigenvalue weighted by atomic mass is 16.5. The molecule has 2 fully saturated rings. The summed E-state index contributed by atoms with van der Waals surface area (Å²) < 4.78 is 5.44. The highest BCUT2D eigenvalue weighted by Gasteiger charge is 2.36. The summed E-state index contributed by atoms with van der Waals surface area (Å²) in [7, 11) is 0. The number of hydrogen-bond acceptors (Lipinski definition) is 4. The number of rotatable bonds is 7. The van der Waals surface area contributed by atoms with E-state index in [9.17, 15) is 9.59 Å². The van der Waals surface area contributed by atoms with Gasteiger partial charge in [-0.2, -0.15) is 0 Å². The van der Waals surface area contributed by atoms with E-state index in [0.717, 1.165) is 44.0 Å².